The normalized spacial score (nSPS) is 9.92. The first-order valence-electron chi connectivity index (χ1n) is 3.45. The van der Waals surface area contributed by atoms with Crippen LogP contribution >= 0.6 is 0 Å². The Morgan fingerprint density at radius 2 is 2.25 bits per heavy atom. The van der Waals surface area contributed by atoms with Crippen molar-refractivity contribution in [3.8, 4) is 0 Å². The third kappa shape index (κ3) is 1.13. The summed E-state index contributed by atoms with van der Waals surface area (Å²) < 4.78 is 5.98. The number of esters is 1. The van der Waals surface area contributed by atoms with Crippen molar-refractivity contribution in [1.29, 1.82) is 0 Å². The predicted molar refractivity (Wildman–Crippen MR) is 43.7 cm³/mol. The molecule has 0 amide bonds. The molecule has 1 heterocycles. The van der Waals surface area contributed by atoms with Crippen LogP contribution in [0, 0.1) is 6.92 Å². The minimum atomic E-state index is -0.446. The second-order valence-electron chi connectivity index (χ2n) is 2.46. The molecule has 66 valence electrons. The molecule has 0 aliphatic heterocycles. The molecule has 0 bridgehead atoms. The maximum atomic E-state index is 11.1. The van der Waals surface area contributed by atoms with Crippen LogP contribution in [-0.4, -0.2) is 22.9 Å². The number of carbonyl (C=O) groups excluding carboxylic acids is 1. The lowest BCUT2D eigenvalue weighted by molar-refractivity contribution is 0.0601. The maximum Gasteiger partial charge on any atom is 0.343 e. The largest absolute Gasteiger partial charge is 0.465 e. The predicted octanol–water partition coefficient (Wildman–Crippen LogP) is 0.0973. The van der Waals surface area contributed by atoms with Crippen molar-refractivity contribution >= 4 is 11.8 Å². The van der Waals surface area contributed by atoms with Gasteiger partial charge in [-0.05, 0) is 6.92 Å². The van der Waals surface area contributed by atoms with E-state index in [1.165, 1.54) is 11.8 Å². The second-order valence-corrected chi connectivity index (χ2v) is 2.46. The number of rotatable bonds is 1. The molecular weight excluding hydrogens is 158 g/mol. The molecule has 1 aromatic rings. The highest BCUT2D eigenvalue weighted by atomic mass is 16.5. The van der Waals surface area contributed by atoms with Crippen molar-refractivity contribution in [1.82, 2.24) is 9.78 Å². The molecule has 0 aliphatic carbocycles. The van der Waals surface area contributed by atoms with Crippen LogP contribution in [0.5, 0.6) is 0 Å². The van der Waals surface area contributed by atoms with E-state index in [1.807, 2.05) is 0 Å². The van der Waals surface area contributed by atoms with Gasteiger partial charge in [-0.3, -0.25) is 4.68 Å². The first-order chi connectivity index (χ1) is 5.57. The Labute approximate surface area is 70.1 Å². The summed E-state index contributed by atoms with van der Waals surface area (Å²) in [7, 11) is 2.99. The Kier molecular flexibility index (Phi) is 2.03. The zero-order valence-electron chi connectivity index (χ0n) is 7.29. The van der Waals surface area contributed by atoms with Gasteiger partial charge in [0.2, 0.25) is 0 Å². The van der Waals surface area contributed by atoms with Crippen molar-refractivity contribution in [3.05, 3.63) is 11.3 Å². The lowest BCUT2D eigenvalue weighted by Gasteiger charge is -1.97. The second kappa shape index (κ2) is 2.84. The average molecular weight is 169 g/mol. The van der Waals surface area contributed by atoms with Gasteiger partial charge in [-0.1, -0.05) is 0 Å². The maximum absolute atomic E-state index is 11.1. The van der Waals surface area contributed by atoms with Gasteiger partial charge in [-0.25, -0.2) is 4.79 Å². The number of hydrogen-bond acceptors (Lipinski definition) is 4. The molecule has 1 aromatic heterocycles. The van der Waals surface area contributed by atoms with Crippen LogP contribution in [0.3, 0.4) is 0 Å². The highest BCUT2D eigenvalue weighted by molar-refractivity contribution is 5.95. The summed E-state index contributed by atoms with van der Waals surface area (Å²) in [4.78, 5) is 11.1. The molecule has 0 radical (unpaired) electrons. The van der Waals surface area contributed by atoms with Gasteiger partial charge in [0, 0.05) is 7.05 Å². The fourth-order valence-corrected chi connectivity index (χ4v) is 1.03. The Morgan fingerprint density at radius 3 is 2.58 bits per heavy atom. The molecule has 0 saturated carbocycles. The Bertz CT molecular complexity index is 317. The molecule has 2 N–H and O–H groups in total. The van der Waals surface area contributed by atoms with Crippen LogP contribution in [0.1, 0.15) is 16.1 Å². The smallest absolute Gasteiger partial charge is 0.343 e. The zero-order chi connectivity index (χ0) is 9.30. The SMILES string of the molecule is COC(=O)c1c(C)nn(C)c1N. The summed E-state index contributed by atoms with van der Waals surface area (Å²) in [6.45, 7) is 1.71. The molecule has 0 atom stereocenters. The van der Waals surface area contributed by atoms with Gasteiger partial charge in [0.05, 0.1) is 12.8 Å². The zero-order valence-corrected chi connectivity index (χ0v) is 7.29. The summed E-state index contributed by atoms with van der Waals surface area (Å²) in [5.41, 5.74) is 6.51. The van der Waals surface area contributed by atoms with Crippen molar-refractivity contribution < 1.29 is 9.53 Å². The lowest BCUT2D eigenvalue weighted by atomic mass is 10.2. The quantitative estimate of drug-likeness (QED) is 0.605. The number of nitrogens with two attached hydrogens (primary N) is 1. The average Bonchev–Trinajstić information content (AvgIpc) is 2.26. The monoisotopic (exact) mass is 169 g/mol. The van der Waals surface area contributed by atoms with Crippen LogP contribution in [0.4, 0.5) is 5.82 Å². The van der Waals surface area contributed by atoms with Crippen LogP contribution in [0.25, 0.3) is 0 Å². The molecule has 5 heteroatoms. The summed E-state index contributed by atoms with van der Waals surface area (Å²) in [6.07, 6.45) is 0. The van der Waals surface area contributed by atoms with Crippen LogP contribution in [0.15, 0.2) is 0 Å². The Hall–Kier alpha value is -1.52. The molecule has 0 fully saturated rings. The number of nitrogen functional groups attached to an aromatic ring is 1. The van der Waals surface area contributed by atoms with Gasteiger partial charge in [-0.15, -0.1) is 0 Å². The molecule has 12 heavy (non-hydrogen) atoms. The van der Waals surface area contributed by atoms with Gasteiger partial charge in [0.1, 0.15) is 11.4 Å². The van der Waals surface area contributed by atoms with E-state index in [1.54, 1.807) is 14.0 Å². The van der Waals surface area contributed by atoms with E-state index in [0.717, 1.165) is 0 Å². The summed E-state index contributed by atoms with van der Waals surface area (Å²) in [5, 5.41) is 3.97. The van der Waals surface area contributed by atoms with E-state index in [0.29, 0.717) is 17.1 Å². The highest BCUT2D eigenvalue weighted by Gasteiger charge is 2.17. The van der Waals surface area contributed by atoms with E-state index in [2.05, 4.69) is 9.84 Å². The third-order valence-corrected chi connectivity index (χ3v) is 1.66. The third-order valence-electron chi connectivity index (χ3n) is 1.66. The molecule has 0 unspecified atom stereocenters. The highest BCUT2D eigenvalue weighted by Crippen LogP contribution is 2.15. The minimum absolute atomic E-state index is 0.333. The van der Waals surface area contributed by atoms with E-state index >= 15 is 0 Å². The van der Waals surface area contributed by atoms with Crippen molar-refractivity contribution in [2.45, 2.75) is 6.92 Å². The van der Waals surface area contributed by atoms with Gasteiger partial charge in [0.15, 0.2) is 0 Å². The number of methoxy groups -OCH3 is 1. The number of aromatic nitrogens is 2. The molecule has 1 rings (SSSR count). The number of aryl methyl sites for hydroxylation is 2. The van der Waals surface area contributed by atoms with Crippen LogP contribution in [0.2, 0.25) is 0 Å². The van der Waals surface area contributed by atoms with E-state index in [-0.39, 0.29) is 0 Å². The number of nitrogens with zero attached hydrogens (tertiary/aromatic N) is 2. The summed E-state index contributed by atoms with van der Waals surface area (Å²) >= 11 is 0. The Balaban J connectivity index is 3.22. The standard InChI is InChI=1S/C7H11N3O2/c1-4-5(7(11)12-3)6(8)10(2)9-4/h8H2,1-3H3. The van der Waals surface area contributed by atoms with E-state index in [9.17, 15) is 4.79 Å². The van der Waals surface area contributed by atoms with Gasteiger partial charge < -0.3 is 10.5 Å². The molecule has 5 nitrogen and oxygen atoms in total. The van der Waals surface area contributed by atoms with Gasteiger partial charge in [-0.2, -0.15) is 5.10 Å². The molecule has 0 aromatic carbocycles. The summed E-state index contributed by atoms with van der Waals surface area (Å²) in [5.74, 6) is -0.113. The van der Waals surface area contributed by atoms with Crippen LogP contribution < -0.4 is 5.73 Å². The molecule has 0 saturated heterocycles. The van der Waals surface area contributed by atoms with E-state index in [4.69, 9.17) is 5.73 Å². The van der Waals surface area contributed by atoms with Gasteiger partial charge >= 0.3 is 5.97 Å². The van der Waals surface area contributed by atoms with Crippen molar-refractivity contribution in [2.75, 3.05) is 12.8 Å². The van der Waals surface area contributed by atoms with Crippen LogP contribution in [-0.2, 0) is 11.8 Å². The fraction of sp³-hybridized carbons (Fsp3) is 0.429. The summed E-state index contributed by atoms with van der Waals surface area (Å²) in [6, 6.07) is 0. The molecule has 0 aliphatic rings. The first kappa shape index (κ1) is 8.58. The molecule has 0 spiro atoms. The fourth-order valence-electron chi connectivity index (χ4n) is 1.03. The topological polar surface area (TPSA) is 70.1 Å². The van der Waals surface area contributed by atoms with E-state index < -0.39 is 5.97 Å². The Morgan fingerprint density at radius 1 is 1.67 bits per heavy atom. The number of carbonyl (C=O) groups is 1. The number of anilines is 1. The van der Waals surface area contributed by atoms with Crippen molar-refractivity contribution in [3.63, 3.8) is 0 Å². The first-order valence-corrected chi connectivity index (χ1v) is 3.45. The minimum Gasteiger partial charge on any atom is -0.465 e. The molecular formula is C7H11N3O2. The number of hydrogen-bond donors (Lipinski definition) is 1. The number of ether oxygens (including phenoxy) is 1. The lowest BCUT2D eigenvalue weighted by Crippen LogP contribution is -2.06. The van der Waals surface area contributed by atoms with Crippen molar-refractivity contribution in [2.24, 2.45) is 7.05 Å². The van der Waals surface area contributed by atoms with Gasteiger partial charge in [0.25, 0.3) is 0 Å².